The van der Waals surface area contributed by atoms with Crippen molar-refractivity contribution in [3.63, 3.8) is 0 Å². The number of nitrogen functional groups attached to an aromatic ring is 1. The number of carbonyl (C=O) groups is 1. The van der Waals surface area contributed by atoms with Gasteiger partial charge in [-0.1, -0.05) is 25.5 Å². The van der Waals surface area contributed by atoms with E-state index in [9.17, 15) is 9.59 Å². The Hall–Kier alpha value is -3.53. The lowest BCUT2D eigenvalue weighted by Crippen LogP contribution is -2.61. The van der Waals surface area contributed by atoms with E-state index >= 15 is 0 Å². The Bertz CT molecular complexity index is 1350. The van der Waals surface area contributed by atoms with Crippen molar-refractivity contribution in [2.24, 2.45) is 5.41 Å². The van der Waals surface area contributed by atoms with Gasteiger partial charge in [-0.2, -0.15) is 10.1 Å². The van der Waals surface area contributed by atoms with Crippen molar-refractivity contribution in [3.05, 3.63) is 45.9 Å². The van der Waals surface area contributed by atoms with E-state index in [2.05, 4.69) is 38.3 Å². The number of nitrogens with one attached hydrogen (secondary N) is 1. The van der Waals surface area contributed by atoms with Gasteiger partial charge in [0.2, 0.25) is 5.95 Å². The topological polar surface area (TPSA) is 128 Å². The number of ketones is 1. The van der Waals surface area contributed by atoms with Gasteiger partial charge in [-0.3, -0.25) is 14.5 Å². The molecule has 0 radical (unpaired) electrons. The van der Waals surface area contributed by atoms with Gasteiger partial charge in [0.05, 0.1) is 19.9 Å². The van der Waals surface area contributed by atoms with E-state index in [1.165, 1.54) is 4.68 Å². The first-order valence-corrected chi connectivity index (χ1v) is 12.5. The first-order chi connectivity index (χ1) is 17.3. The van der Waals surface area contributed by atoms with Crippen LogP contribution in [-0.4, -0.2) is 56.7 Å². The van der Waals surface area contributed by atoms with Gasteiger partial charge in [0, 0.05) is 49.5 Å². The number of methoxy groups -OCH3 is 1. The summed E-state index contributed by atoms with van der Waals surface area (Å²) in [4.78, 5) is 35.7. The third kappa shape index (κ3) is 4.65. The lowest BCUT2D eigenvalue weighted by molar-refractivity contribution is -0.145. The summed E-state index contributed by atoms with van der Waals surface area (Å²) in [7, 11) is 1.63. The number of benzene rings is 1. The van der Waals surface area contributed by atoms with Gasteiger partial charge in [0.15, 0.2) is 0 Å². The molecule has 36 heavy (non-hydrogen) atoms. The second-order valence-electron chi connectivity index (χ2n) is 10.3. The molecule has 1 aliphatic carbocycles. The van der Waals surface area contributed by atoms with Crippen molar-refractivity contribution < 1.29 is 9.53 Å². The Kier molecular flexibility index (Phi) is 6.38. The SMILES string of the molecule is CCC[C@@H](C)Nc1nc(N)nc2cnn(Cc3ccc(CN4CC5(CC(=O)C5)C4)cc3OC)c(=O)c12. The summed E-state index contributed by atoms with van der Waals surface area (Å²) in [6.07, 6.45) is 4.95. The lowest BCUT2D eigenvalue weighted by Gasteiger charge is -2.55. The van der Waals surface area contributed by atoms with Crippen LogP contribution in [0.1, 0.15) is 50.7 Å². The highest BCUT2D eigenvalue weighted by Crippen LogP contribution is 2.46. The van der Waals surface area contributed by atoms with Gasteiger partial charge < -0.3 is 15.8 Å². The second kappa shape index (κ2) is 9.50. The smallest absolute Gasteiger partial charge is 0.280 e. The molecule has 1 saturated carbocycles. The number of nitrogens with two attached hydrogens (primary N) is 1. The molecule has 10 nitrogen and oxygen atoms in total. The zero-order chi connectivity index (χ0) is 25.4. The van der Waals surface area contributed by atoms with Crippen molar-refractivity contribution in [2.45, 2.75) is 58.7 Å². The van der Waals surface area contributed by atoms with Crippen LogP contribution in [0.5, 0.6) is 5.75 Å². The van der Waals surface area contributed by atoms with Gasteiger partial charge in [-0.05, 0) is 25.0 Å². The average molecular weight is 492 g/mol. The molecule has 3 heterocycles. The lowest BCUT2D eigenvalue weighted by atomic mass is 9.63. The maximum atomic E-state index is 13.4. The highest BCUT2D eigenvalue weighted by Gasteiger charge is 2.51. The molecule has 1 aliphatic heterocycles. The van der Waals surface area contributed by atoms with Gasteiger partial charge in [0.25, 0.3) is 5.56 Å². The first kappa shape index (κ1) is 24.2. The summed E-state index contributed by atoms with van der Waals surface area (Å²) in [5.74, 6) is 1.62. The zero-order valence-electron chi connectivity index (χ0n) is 21.1. The van der Waals surface area contributed by atoms with Gasteiger partial charge in [-0.25, -0.2) is 9.67 Å². The highest BCUT2D eigenvalue weighted by molar-refractivity contribution is 5.88. The van der Waals surface area contributed by atoms with Crippen LogP contribution >= 0.6 is 0 Å². The Morgan fingerprint density at radius 3 is 2.67 bits per heavy atom. The molecule has 10 heteroatoms. The van der Waals surface area contributed by atoms with E-state index in [0.29, 0.717) is 28.3 Å². The minimum Gasteiger partial charge on any atom is -0.496 e. The van der Waals surface area contributed by atoms with Crippen LogP contribution in [0.3, 0.4) is 0 Å². The Labute approximate surface area is 209 Å². The number of carbonyl (C=O) groups excluding carboxylic acids is 1. The van der Waals surface area contributed by atoms with E-state index in [-0.39, 0.29) is 29.5 Å². The fraction of sp³-hybridized carbons (Fsp3) is 0.500. The molecule has 2 aliphatic rings. The third-order valence-electron chi connectivity index (χ3n) is 7.17. The van der Waals surface area contributed by atoms with E-state index in [0.717, 1.165) is 56.4 Å². The van der Waals surface area contributed by atoms with E-state index in [1.54, 1.807) is 13.3 Å². The van der Waals surface area contributed by atoms with Crippen LogP contribution in [0, 0.1) is 5.41 Å². The molecule has 2 aromatic heterocycles. The summed E-state index contributed by atoms with van der Waals surface area (Å²) in [6, 6.07) is 6.19. The van der Waals surface area contributed by atoms with Gasteiger partial charge >= 0.3 is 0 Å². The zero-order valence-corrected chi connectivity index (χ0v) is 21.1. The molecule has 1 saturated heterocycles. The van der Waals surface area contributed by atoms with Crippen molar-refractivity contribution in [3.8, 4) is 5.75 Å². The van der Waals surface area contributed by atoms with Crippen molar-refractivity contribution in [2.75, 3.05) is 31.2 Å². The number of hydrogen-bond donors (Lipinski definition) is 2. The fourth-order valence-electron chi connectivity index (χ4n) is 5.52. The number of likely N-dealkylation sites (tertiary alicyclic amines) is 1. The number of ether oxygens (including phenoxy) is 1. The molecule has 1 spiro atoms. The predicted octanol–water partition coefficient (Wildman–Crippen LogP) is 2.59. The van der Waals surface area contributed by atoms with Crippen molar-refractivity contribution in [1.29, 1.82) is 0 Å². The van der Waals surface area contributed by atoms with Gasteiger partial charge in [-0.15, -0.1) is 0 Å². The summed E-state index contributed by atoms with van der Waals surface area (Å²) in [6.45, 7) is 7.16. The molecule has 0 unspecified atom stereocenters. The quantitative estimate of drug-likeness (QED) is 0.464. The molecule has 3 N–H and O–H groups in total. The molecule has 2 fully saturated rings. The summed E-state index contributed by atoms with van der Waals surface area (Å²) in [5.41, 5.74) is 8.24. The minimum absolute atomic E-state index is 0.0990. The molecule has 190 valence electrons. The average Bonchev–Trinajstić information content (AvgIpc) is 2.79. The monoisotopic (exact) mass is 491 g/mol. The van der Waals surface area contributed by atoms with Crippen LogP contribution < -0.4 is 21.3 Å². The predicted molar refractivity (Wildman–Crippen MR) is 138 cm³/mol. The number of Topliss-reactive ketones (excluding diaryl/α,β-unsaturated/α-hetero) is 1. The minimum atomic E-state index is -0.286. The second-order valence-corrected chi connectivity index (χ2v) is 10.3. The number of rotatable bonds is 9. The van der Waals surface area contributed by atoms with Crippen LogP contribution in [0.4, 0.5) is 11.8 Å². The Morgan fingerprint density at radius 1 is 1.19 bits per heavy atom. The van der Waals surface area contributed by atoms with Crippen molar-refractivity contribution in [1.82, 2.24) is 24.6 Å². The molecular weight excluding hydrogens is 458 g/mol. The Morgan fingerprint density at radius 2 is 1.97 bits per heavy atom. The summed E-state index contributed by atoms with van der Waals surface area (Å²) >= 11 is 0. The number of aromatic nitrogens is 4. The van der Waals surface area contributed by atoms with Crippen molar-refractivity contribution >= 4 is 28.5 Å². The summed E-state index contributed by atoms with van der Waals surface area (Å²) < 4.78 is 7.07. The van der Waals surface area contributed by atoms with E-state index in [1.807, 2.05) is 19.1 Å². The van der Waals surface area contributed by atoms with Crippen LogP contribution in [-0.2, 0) is 17.9 Å². The Balaban J connectivity index is 1.37. The summed E-state index contributed by atoms with van der Waals surface area (Å²) in [5, 5.41) is 8.03. The standard InChI is InChI=1S/C26H33N7O3/c1-4-5-16(2)29-23-22-20(30-25(27)31-23)11-28-33(24(22)35)13-18-7-6-17(8-21(18)36-3)12-32-14-26(15-32)9-19(34)10-26/h6-8,11,16H,4-5,9-10,12-15H2,1-3H3,(H3,27,29,30,31)/t16-/m1/s1. The normalized spacial score (nSPS) is 17.6. The molecule has 0 amide bonds. The largest absolute Gasteiger partial charge is 0.496 e. The molecule has 1 atom stereocenters. The first-order valence-electron chi connectivity index (χ1n) is 12.5. The molecule has 0 bridgehead atoms. The molecule has 1 aromatic carbocycles. The number of fused-ring (bicyclic) bond motifs is 1. The maximum Gasteiger partial charge on any atom is 0.280 e. The molecule has 5 rings (SSSR count). The van der Waals surface area contributed by atoms with E-state index in [4.69, 9.17) is 10.5 Å². The van der Waals surface area contributed by atoms with Gasteiger partial charge in [0.1, 0.15) is 28.3 Å². The van der Waals surface area contributed by atoms with Crippen LogP contribution in [0.2, 0.25) is 0 Å². The third-order valence-corrected chi connectivity index (χ3v) is 7.17. The molecular formula is C26H33N7O3. The number of hydrogen-bond acceptors (Lipinski definition) is 9. The fourth-order valence-corrected chi connectivity index (χ4v) is 5.52. The molecule has 3 aromatic rings. The van der Waals surface area contributed by atoms with E-state index < -0.39 is 0 Å². The number of nitrogens with zero attached hydrogens (tertiary/aromatic N) is 5. The number of anilines is 2. The van der Waals surface area contributed by atoms with Crippen LogP contribution in [0.15, 0.2) is 29.2 Å². The maximum absolute atomic E-state index is 13.4. The van der Waals surface area contributed by atoms with Crippen LogP contribution in [0.25, 0.3) is 10.9 Å². The highest BCUT2D eigenvalue weighted by atomic mass is 16.5.